The summed E-state index contributed by atoms with van der Waals surface area (Å²) in [7, 11) is -1.32. The SMILES string of the molecule is CC(C)Cn1cnc([C@@H](CC(C)(C)S(N)=O)C(C)C)c1. The van der Waals surface area contributed by atoms with Crippen LogP contribution in [0.15, 0.2) is 12.5 Å². The van der Waals surface area contributed by atoms with E-state index in [0.29, 0.717) is 11.8 Å². The largest absolute Gasteiger partial charge is 0.337 e. The van der Waals surface area contributed by atoms with Gasteiger partial charge in [0.1, 0.15) is 0 Å². The standard InChI is InChI=1S/C15H29N3OS/c1-11(2)8-18-9-14(17-10-18)13(12(3)4)7-15(5,6)20(16)19/h9-13H,7-8,16H2,1-6H3/t13-,20?/m0/s1. The minimum absolute atomic E-state index is 0.283. The van der Waals surface area contributed by atoms with Crippen LogP contribution in [-0.4, -0.2) is 18.5 Å². The maximum absolute atomic E-state index is 11.7. The molecule has 0 saturated heterocycles. The van der Waals surface area contributed by atoms with Crippen molar-refractivity contribution in [2.75, 3.05) is 0 Å². The first kappa shape index (κ1) is 17.4. The molecule has 1 unspecified atom stereocenters. The normalized spacial score (nSPS) is 15.8. The third kappa shape index (κ3) is 4.70. The zero-order valence-corrected chi connectivity index (χ0v) is 14.4. The lowest BCUT2D eigenvalue weighted by molar-refractivity contribution is 0.414. The Labute approximate surface area is 125 Å². The van der Waals surface area contributed by atoms with E-state index in [-0.39, 0.29) is 5.92 Å². The van der Waals surface area contributed by atoms with Crippen LogP contribution in [0.4, 0.5) is 0 Å². The fourth-order valence-corrected chi connectivity index (χ4v) is 2.73. The smallest absolute Gasteiger partial charge is 0.0949 e. The predicted octanol–water partition coefficient (Wildman–Crippen LogP) is 3.07. The summed E-state index contributed by atoms with van der Waals surface area (Å²) in [6, 6.07) is 0. The van der Waals surface area contributed by atoms with Crippen LogP contribution in [-0.2, 0) is 17.5 Å². The molecule has 4 nitrogen and oxygen atoms in total. The van der Waals surface area contributed by atoms with Gasteiger partial charge in [-0.2, -0.15) is 0 Å². The van der Waals surface area contributed by atoms with Gasteiger partial charge in [-0.1, -0.05) is 27.7 Å². The van der Waals surface area contributed by atoms with Crippen molar-refractivity contribution in [2.45, 2.75) is 65.2 Å². The molecule has 116 valence electrons. The maximum atomic E-state index is 11.7. The van der Waals surface area contributed by atoms with E-state index >= 15 is 0 Å². The Morgan fingerprint density at radius 2 is 1.95 bits per heavy atom. The summed E-state index contributed by atoms with van der Waals surface area (Å²) >= 11 is 0. The molecule has 0 aliphatic heterocycles. The van der Waals surface area contributed by atoms with Crippen molar-refractivity contribution in [1.29, 1.82) is 0 Å². The molecule has 0 aliphatic carbocycles. The molecular formula is C15H29N3OS. The number of nitrogens with zero attached hydrogens (tertiary/aromatic N) is 2. The monoisotopic (exact) mass is 299 g/mol. The average molecular weight is 299 g/mol. The minimum atomic E-state index is -1.32. The molecule has 1 heterocycles. The fraction of sp³-hybridized carbons (Fsp3) is 0.800. The van der Waals surface area contributed by atoms with Crippen molar-refractivity contribution in [3.05, 3.63) is 18.2 Å². The molecule has 1 aromatic heterocycles. The van der Waals surface area contributed by atoms with Crippen LogP contribution in [0, 0.1) is 11.8 Å². The van der Waals surface area contributed by atoms with E-state index in [1.165, 1.54) is 0 Å². The minimum Gasteiger partial charge on any atom is -0.337 e. The maximum Gasteiger partial charge on any atom is 0.0949 e. The van der Waals surface area contributed by atoms with Gasteiger partial charge in [0, 0.05) is 18.7 Å². The van der Waals surface area contributed by atoms with E-state index < -0.39 is 15.7 Å². The highest BCUT2D eigenvalue weighted by Crippen LogP contribution is 2.33. The predicted molar refractivity (Wildman–Crippen MR) is 85.7 cm³/mol. The van der Waals surface area contributed by atoms with Crippen LogP contribution < -0.4 is 5.14 Å². The Morgan fingerprint density at radius 1 is 1.35 bits per heavy atom. The number of imidazole rings is 1. The van der Waals surface area contributed by atoms with Gasteiger partial charge in [0.25, 0.3) is 0 Å². The second-order valence-corrected chi connectivity index (χ2v) is 8.70. The molecule has 0 radical (unpaired) electrons. The molecule has 0 bridgehead atoms. The molecule has 20 heavy (non-hydrogen) atoms. The summed E-state index contributed by atoms with van der Waals surface area (Å²) in [5, 5.41) is 5.61. The molecule has 0 amide bonds. The lowest BCUT2D eigenvalue weighted by Gasteiger charge is -2.28. The van der Waals surface area contributed by atoms with E-state index in [1.807, 2.05) is 20.2 Å². The Balaban J connectivity index is 2.91. The second kappa shape index (κ2) is 6.85. The Bertz CT molecular complexity index is 452. The first-order valence-electron chi connectivity index (χ1n) is 7.31. The van der Waals surface area contributed by atoms with E-state index in [0.717, 1.165) is 18.7 Å². The third-order valence-electron chi connectivity index (χ3n) is 3.67. The van der Waals surface area contributed by atoms with Crippen LogP contribution >= 0.6 is 0 Å². The van der Waals surface area contributed by atoms with Gasteiger partial charge in [-0.25, -0.2) is 9.19 Å². The van der Waals surface area contributed by atoms with Crippen molar-refractivity contribution in [2.24, 2.45) is 17.0 Å². The van der Waals surface area contributed by atoms with Gasteiger partial charge < -0.3 is 4.57 Å². The molecule has 0 aromatic carbocycles. The zero-order valence-electron chi connectivity index (χ0n) is 13.6. The Morgan fingerprint density at radius 3 is 2.40 bits per heavy atom. The highest BCUT2D eigenvalue weighted by molar-refractivity contribution is 7.84. The fourth-order valence-electron chi connectivity index (χ4n) is 2.38. The lowest BCUT2D eigenvalue weighted by Crippen LogP contribution is -2.34. The first-order chi connectivity index (χ1) is 9.13. The van der Waals surface area contributed by atoms with Gasteiger partial charge in [-0.05, 0) is 32.1 Å². The molecule has 2 N–H and O–H groups in total. The first-order valence-corrected chi connectivity index (χ1v) is 8.52. The quantitative estimate of drug-likeness (QED) is 0.841. The summed E-state index contributed by atoms with van der Waals surface area (Å²) in [5.74, 6) is 1.33. The Kier molecular flexibility index (Phi) is 5.95. The van der Waals surface area contributed by atoms with Crippen LogP contribution in [0.25, 0.3) is 0 Å². The van der Waals surface area contributed by atoms with E-state index in [1.54, 1.807) is 0 Å². The Hall–Kier alpha value is -0.680. The van der Waals surface area contributed by atoms with E-state index in [2.05, 4.69) is 43.4 Å². The molecule has 0 aliphatic rings. The molecule has 1 aromatic rings. The average Bonchev–Trinajstić information content (AvgIpc) is 2.72. The molecule has 0 spiro atoms. The van der Waals surface area contributed by atoms with Gasteiger partial charge >= 0.3 is 0 Å². The van der Waals surface area contributed by atoms with E-state index in [9.17, 15) is 4.21 Å². The van der Waals surface area contributed by atoms with Crippen LogP contribution in [0.5, 0.6) is 0 Å². The number of rotatable bonds is 7. The summed E-state index contributed by atoms with van der Waals surface area (Å²) in [4.78, 5) is 4.56. The van der Waals surface area contributed by atoms with Crippen molar-refractivity contribution in [3.8, 4) is 0 Å². The van der Waals surface area contributed by atoms with Crippen LogP contribution in [0.3, 0.4) is 0 Å². The molecule has 0 fully saturated rings. The third-order valence-corrected chi connectivity index (χ3v) is 4.93. The molecule has 5 heteroatoms. The number of aromatic nitrogens is 2. The second-order valence-electron chi connectivity index (χ2n) is 7.00. The van der Waals surface area contributed by atoms with Crippen LogP contribution in [0.2, 0.25) is 0 Å². The summed E-state index contributed by atoms with van der Waals surface area (Å²) in [5.41, 5.74) is 1.08. The summed E-state index contributed by atoms with van der Waals surface area (Å²) < 4.78 is 13.4. The number of hydrogen-bond acceptors (Lipinski definition) is 2. The van der Waals surface area contributed by atoms with Crippen molar-refractivity contribution >= 4 is 11.0 Å². The highest BCUT2D eigenvalue weighted by Gasteiger charge is 2.31. The van der Waals surface area contributed by atoms with E-state index in [4.69, 9.17) is 5.14 Å². The van der Waals surface area contributed by atoms with Crippen LogP contribution in [0.1, 0.15) is 59.6 Å². The topological polar surface area (TPSA) is 60.9 Å². The number of hydrogen-bond donors (Lipinski definition) is 1. The van der Waals surface area contributed by atoms with Gasteiger partial charge in [0.2, 0.25) is 0 Å². The van der Waals surface area contributed by atoms with Crippen molar-refractivity contribution in [1.82, 2.24) is 9.55 Å². The molecule has 2 atom stereocenters. The van der Waals surface area contributed by atoms with Gasteiger partial charge in [0.15, 0.2) is 0 Å². The highest BCUT2D eigenvalue weighted by atomic mass is 32.2. The van der Waals surface area contributed by atoms with Gasteiger partial charge in [0.05, 0.1) is 27.8 Å². The van der Waals surface area contributed by atoms with Crippen molar-refractivity contribution in [3.63, 3.8) is 0 Å². The molecule has 0 saturated carbocycles. The number of nitrogens with two attached hydrogens (primary N) is 1. The van der Waals surface area contributed by atoms with Crippen molar-refractivity contribution < 1.29 is 4.21 Å². The summed E-state index contributed by atoms with van der Waals surface area (Å²) in [6.45, 7) is 13.7. The molecular weight excluding hydrogens is 270 g/mol. The lowest BCUT2D eigenvalue weighted by atomic mass is 9.85. The zero-order chi connectivity index (χ0) is 15.5. The summed E-state index contributed by atoms with van der Waals surface area (Å²) in [6.07, 6.45) is 4.81. The van der Waals surface area contributed by atoms with Gasteiger partial charge in [-0.15, -0.1) is 0 Å². The van der Waals surface area contributed by atoms with Gasteiger partial charge in [-0.3, -0.25) is 5.14 Å². The molecule has 1 rings (SSSR count).